The fourth-order valence-corrected chi connectivity index (χ4v) is 3.88. The average molecular weight is 406 g/mol. The van der Waals surface area contributed by atoms with Crippen molar-refractivity contribution in [2.45, 2.75) is 39.5 Å². The molecule has 2 heterocycles. The van der Waals surface area contributed by atoms with E-state index in [9.17, 15) is 4.79 Å². The summed E-state index contributed by atoms with van der Waals surface area (Å²) in [5.41, 5.74) is 4.80. The van der Waals surface area contributed by atoms with Crippen molar-refractivity contribution in [2.24, 2.45) is 0 Å². The van der Waals surface area contributed by atoms with Gasteiger partial charge in [0, 0.05) is 31.9 Å². The van der Waals surface area contributed by atoms with E-state index < -0.39 is 0 Å². The smallest absolute Gasteiger partial charge is 0.238 e. The molecule has 1 aliphatic heterocycles. The number of nitrogens with zero attached hydrogens (tertiary/aromatic N) is 4. The summed E-state index contributed by atoms with van der Waals surface area (Å²) in [7, 11) is 0. The van der Waals surface area contributed by atoms with Crippen molar-refractivity contribution in [3.63, 3.8) is 0 Å². The van der Waals surface area contributed by atoms with E-state index in [0.717, 1.165) is 37.6 Å². The van der Waals surface area contributed by atoms with Gasteiger partial charge in [-0.3, -0.25) is 9.69 Å². The highest BCUT2D eigenvalue weighted by atomic mass is 16.2. The summed E-state index contributed by atoms with van der Waals surface area (Å²) in [4.78, 5) is 21.4. The Hall–Kier alpha value is -2.91. The van der Waals surface area contributed by atoms with E-state index in [0.29, 0.717) is 24.1 Å². The van der Waals surface area contributed by atoms with Crippen LogP contribution < -0.4 is 10.2 Å². The van der Waals surface area contributed by atoms with Gasteiger partial charge in [-0.15, -0.1) is 0 Å². The molecule has 0 atom stereocenters. The van der Waals surface area contributed by atoms with Gasteiger partial charge >= 0.3 is 0 Å². The second kappa shape index (κ2) is 9.73. The van der Waals surface area contributed by atoms with E-state index in [2.05, 4.69) is 66.0 Å². The summed E-state index contributed by atoms with van der Waals surface area (Å²) in [5.74, 6) is 0.741. The van der Waals surface area contributed by atoms with Crippen LogP contribution in [-0.4, -0.2) is 48.5 Å². The highest BCUT2D eigenvalue weighted by Crippen LogP contribution is 2.32. The number of carbonyl (C=O) groups is 1. The van der Waals surface area contributed by atoms with E-state index in [4.69, 9.17) is 5.26 Å². The van der Waals surface area contributed by atoms with Crippen LogP contribution in [0.4, 0.5) is 11.4 Å². The molecule has 1 saturated heterocycles. The van der Waals surface area contributed by atoms with Crippen LogP contribution in [0.2, 0.25) is 0 Å². The Labute approximate surface area is 179 Å². The van der Waals surface area contributed by atoms with Crippen LogP contribution in [0.15, 0.2) is 36.5 Å². The Morgan fingerprint density at radius 2 is 1.70 bits per heavy atom. The van der Waals surface area contributed by atoms with Gasteiger partial charge in [-0.25, -0.2) is 4.98 Å². The van der Waals surface area contributed by atoms with Gasteiger partial charge in [-0.1, -0.05) is 45.9 Å². The predicted molar refractivity (Wildman–Crippen MR) is 121 cm³/mol. The number of nitrogens with one attached hydrogen (secondary N) is 1. The highest BCUT2D eigenvalue weighted by Gasteiger charge is 2.21. The minimum absolute atomic E-state index is 0.0403. The topological polar surface area (TPSA) is 72.3 Å². The lowest BCUT2D eigenvalue weighted by atomic mass is 9.92. The summed E-state index contributed by atoms with van der Waals surface area (Å²) in [6.07, 6.45) is 1.75. The molecule has 1 aromatic heterocycles. The molecule has 2 aromatic rings. The first-order valence-electron chi connectivity index (χ1n) is 10.6. The Morgan fingerprint density at radius 3 is 2.20 bits per heavy atom. The maximum atomic E-state index is 12.8. The second-order valence-electron chi connectivity index (χ2n) is 8.45. The van der Waals surface area contributed by atoms with Gasteiger partial charge in [-0.2, -0.15) is 5.26 Å². The Kier molecular flexibility index (Phi) is 7.07. The summed E-state index contributed by atoms with van der Waals surface area (Å²) in [6.45, 7) is 12.3. The van der Waals surface area contributed by atoms with Crippen LogP contribution in [0.1, 0.15) is 56.4 Å². The molecule has 0 spiro atoms. The molecule has 6 nitrogen and oxygen atoms in total. The Balaban J connectivity index is 1.60. The number of aromatic nitrogens is 1. The lowest BCUT2D eigenvalue weighted by Crippen LogP contribution is -2.48. The average Bonchev–Trinajstić information content (AvgIpc) is 2.74. The van der Waals surface area contributed by atoms with Gasteiger partial charge in [0.05, 0.1) is 18.4 Å². The molecule has 0 bridgehead atoms. The van der Waals surface area contributed by atoms with Gasteiger partial charge in [0.15, 0.2) is 0 Å². The minimum Gasteiger partial charge on any atom is -0.368 e. The van der Waals surface area contributed by atoms with E-state index in [-0.39, 0.29) is 5.91 Å². The van der Waals surface area contributed by atoms with Crippen molar-refractivity contribution >= 4 is 17.3 Å². The third-order valence-corrected chi connectivity index (χ3v) is 5.60. The molecule has 1 aliphatic rings. The number of amides is 1. The number of hydrogen-bond donors (Lipinski definition) is 1. The SMILES string of the molecule is CC(C)c1cccc(C(C)C)c1NC(=O)CN1CCN(c2ccc(C#N)nc2)CC1. The Bertz CT molecular complexity index is 880. The van der Waals surface area contributed by atoms with Crippen LogP contribution in [0.3, 0.4) is 0 Å². The summed E-state index contributed by atoms with van der Waals surface area (Å²) < 4.78 is 0. The molecule has 158 valence electrons. The number of anilines is 2. The third kappa shape index (κ3) is 5.17. The van der Waals surface area contributed by atoms with Crippen LogP contribution in [0.5, 0.6) is 0 Å². The fraction of sp³-hybridized carbons (Fsp3) is 0.458. The molecule has 30 heavy (non-hydrogen) atoms. The van der Waals surface area contributed by atoms with Crippen molar-refractivity contribution in [1.29, 1.82) is 5.26 Å². The number of benzene rings is 1. The molecule has 1 fully saturated rings. The number of pyridine rings is 1. The highest BCUT2D eigenvalue weighted by molar-refractivity contribution is 5.94. The summed E-state index contributed by atoms with van der Waals surface area (Å²) in [5, 5.41) is 12.1. The zero-order valence-corrected chi connectivity index (χ0v) is 18.4. The van der Waals surface area contributed by atoms with Gasteiger partial charge in [0.25, 0.3) is 0 Å². The number of nitriles is 1. The quantitative estimate of drug-likeness (QED) is 0.788. The molecule has 1 aromatic carbocycles. The largest absolute Gasteiger partial charge is 0.368 e. The molecule has 0 aliphatic carbocycles. The van der Waals surface area contributed by atoms with Crippen molar-refractivity contribution in [2.75, 3.05) is 42.9 Å². The maximum Gasteiger partial charge on any atom is 0.238 e. The van der Waals surface area contributed by atoms with E-state index >= 15 is 0 Å². The standard InChI is InChI=1S/C24H31N5O/c1-17(2)21-6-5-7-22(18(3)4)24(21)27-23(30)16-28-10-12-29(13-11-28)20-9-8-19(14-25)26-15-20/h5-9,15,17-18H,10-13,16H2,1-4H3,(H,27,30). The van der Waals surface area contributed by atoms with E-state index in [1.54, 1.807) is 12.3 Å². The van der Waals surface area contributed by atoms with Crippen molar-refractivity contribution in [3.8, 4) is 6.07 Å². The number of para-hydroxylation sites is 1. The van der Waals surface area contributed by atoms with Crippen LogP contribution in [0, 0.1) is 11.3 Å². The van der Waals surface area contributed by atoms with Gasteiger partial charge in [0.2, 0.25) is 5.91 Å². The van der Waals surface area contributed by atoms with Crippen molar-refractivity contribution in [1.82, 2.24) is 9.88 Å². The molecule has 0 saturated carbocycles. The normalized spacial score (nSPS) is 14.8. The van der Waals surface area contributed by atoms with Crippen molar-refractivity contribution in [3.05, 3.63) is 53.3 Å². The van der Waals surface area contributed by atoms with Crippen LogP contribution >= 0.6 is 0 Å². The van der Waals surface area contributed by atoms with Gasteiger partial charge in [0.1, 0.15) is 11.8 Å². The van der Waals surface area contributed by atoms with Crippen LogP contribution in [-0.2, 0) is 4.79 Å². The zero-order chi connectivity index (χ0) is 21.7. The first-order valence-corrected chi connectivity index (χ1v) is 10.6. The Morgan fingerprint density at radius 1 is 1.07 bits per heavy atom. The number of rotatable bonds is 6. The molecule has 1 amide bonds. The fourth-order valence-electron chi connectivity index (χ4n) is 3.88. The lowest BCUT2D eigenvalue weighted by Gasteiger charge is -2.35. The van der Waals surface area contributed by atoms with E-state index in [1.165, 1.54) is 11.1 Å². The molecule has 0 radical (unpaired) electrons. The minimum atomic E-state index is 0.0403. The summed E-state index contributed by atoms with van der Waals surface area (Å²) in [6, 6.07) is 12.0. The summed E-state index contributed by atoms with van der Waals surface area (Å²) >= 11 is 0. The molecular weight excluding hydrogens is 374 g/mol. The van der Waals surface area contributed by atoms with Crippen molar-refractivity contribution < 1.29 is 4.79 Å². The first kappa shape index (κ1) is 21.8. The second-order valence-corrected chi connectivity index (χ2v) is 8.45. The monoisotopic (exact) mass is 405 g/mol. The number of hydrogen-bond acceptors (Lipinski definition) is 5. The zero-order valence-electron chi connectivity index (χ0n) is 18.4. The van der Waals surface area contributed by atoms with Crippen LogP contribution in [0.25, 0.3) is 0 Å². The molecule has 6 heteroatoms. The first-order chi connectivity index (χ1) is 14.4. The van der Waals surface area contributed by atoms with E-state index in [1.807, 2.05) is 12.1 Å². The predicted octanol–water partition coefficient (Wildman–Crippen LogP) is 3.96. The van der Waals surface area contributed by atoms with Gasteiger partial charge < -0.3 is 10.2 Å². The maximum absolute atomic E-state index is 12.8. The molecule has 0 unspecified atom stereocenters. The number of piperazine rings is 1. The third-order valence-electron chi connectivity index (χ3n) is 5.60. The van der Waals surface area contributed by atoms with Gasteiger partial charge in [-0.05, 0) is 35.1 Å². The molecular formula is C24H31N5O. The lowest BCUT2D eigenvalue weighted by molar-refractivity contribution is -0.117. The molecule has 1 N–H and O–H groups in total. The molecule has 3 rings (SSSR count). The number of carbonyl (C=O) groups excluding carboxylic acids is 1.